The van der Waals surface area contributed by atoms with Crippen LogP contribution in [0.3, 0.4) is 0 Å². The van der Waals surface area contributed by atoms with Crippen LogP contribution in [-0.2, 0) is 11.2 Å². The summed E-state index contributed by atoms with van der Waals surface area (Å²) in [6, 6.07) is 6.14. The summed E-state index contributed by atoms with van der Waals surface area (Å²) in [7, 11) is 1.69. The third-order valence-electron chi connectivity index (χ3n) is 3.99. The molecule has 0 aromatic heterocycles. The van der Waals surface area contributed by atoms with Crippen LogP contribution in [0, 0.1) is 5.41 Å². The first-order valence-electron chi connectivity index (χ1n) is 7.45. The number of fused-ring (bicyclic) bond motifs is 1. The summed E-state index contributed by atoms with van der Waals surface area (Å²) < 4.78 is 11.3. The minimum Gasteiger partial charge on any atom is -0.497 e. The van der Waals surface area contributed by atoms with Gasteiger partial charge in [-0.1, -0.05) is 26.8 Å². The van der Waals surface area contributed by atoms with E-state index in [1.165, 1.54) is 11.1 Å². The SMILES string of the molecule is COc1ccc2c(c1)C(N)C(OCCC(C)(C)C)CC2. The quantitative estimate of drug-likeness (QED) is 0.916. The van der Waals surface area contributed by atoms with Crippen LogP contribution in [0.1, 0.15) is 50.8 Å². The van der Waals surface area contributed by atoms with Crippen molar-refractivity contribution in [1.29, 1.82) is 0 Å². The van der Waals surface area contributed by atoms with Gasteiger partial charge in [0.25, 0.3) is 0 Å². The predicted octanol–water partition coefficient (Wildman–Crippen LogP) is 3.46. The maximum absolute atomic E-state index is 6.38. The van der Waals surface area contributed by atoms with Gasteiger partial charge >= 0.3 is 0 Å². The number of hydrogen-bond donors (Lipinski definition) is 1. The molecule has 3 heteroatoms. The molecule has 0 radical (unpaired) electrons. The van der Waals surface area contributed by atoms with Gasteiger partial charge in [0.2, 0.25) is 0 Å². The summed E-state index contributed by atoms with van der Waals surface area (Å²) in [5, 5.41) is 0. The molecule has 0 amide bonds. The second-order valence-electron chi connectivity index (χ2n) is 6.85. The summed E-state index contributed by atoms with van der Waals surface area (Å²) in [5.41, 5.74) is 9.19. The smallest absolute Gasteiger partial charge is 0.119 e. The zero-order valence-corrected chi connectivity index (χ0v) is 13.1. The largest absolute Gasteiger partial charge is 0.497 e. The maximum atomic E-state index is 6.38. The van der Waals surface area contributed by atoms with Crippen LogP contribution in [0.25, 0.3) is 0 Å². The van der Waals surface area contributed by atoms with Crippen LogP contribution in [0.15, 0.2) is 18.2 Å². The average Bonchev–Trinajstić information content (AvgIpc) is 2.40. The Hall–Kier alpha value is -1.06. The number of ether oxygens (including phenoxy) is 2. The summed E-state index contributed by atoms with van der Waals surface area (Å²) in [5.74, 6) is 0.870. The Labute approximate surface area is 122 Å². The van der Waals surface area contributed by atoms with Crippen LogP contribution in [0.4, 0.5) is 0 Å². The van der Waals surface area contributed by atoms with Crippen molar-refractivity contribution in [2.45, 2.75) is 52.2 Å². The van der Waals surface area contributed by atoms with Crippen LogP contribution in [0.5, 0.6) is 5.75 Å². The van der Waals surface area contributed by atoms with E-state index in [4.69, 9.17) is 15.2 Å². The Morgan fingerprint density at radius 1 is 1.30 bits per heavy atom. The number of rotatable bonds is 4. The van der Waals surface area contributed by atoms with E-state index in [1.54, 1.807) is 7.11 Å². The van der Waals surface area contributed by atoms with E-state index in [-0.39, 0.29) is 12.1 Å². The Morgan fingerprint density at radius 2 is 2.05 bits per heavy atom. The lowest BCUT2D eigenvalue weighted by Crippen LogP contribution is -2.34. The fourth-order valence-electron chi connectivity index (χ4n) is 2.62. The van der Waals surface area contributed by atoms with Crippen LogP contribution in [-0.4, -0.2) is 19.8 Å². The van der Waals surface area contributed by atoms with E-state index in [0.29, 0.717) is 5.41 Å². The predicted molar refractivity (Wildman–Crippen MR) is 82.1 cm³/mol. The highest BCUT2D eigenvalue weighted by atomic mass is 16.5. The first-order valence-corrected chi connectivity index (χ1v) is 7.45. The van der Waals surface area contributed by atoms with E-state index in [9.17, 15) is 0 Å². The maximum Gasteiger partial charge on any atom is 0.119 e. The number of nitrogens with two attached hydrogens (primary N) is 1. The minimum absolute atomic E-state index is 0.0474. The molecule has 1 aliphatic carbocycles. The van der Waals surface area contributed by atoms with Gasteiger partial charge in [0.05, 0.1) is 19.3 Å². The molecule has 0 spiro atoms. The number of benzene rings is 1. The number of aryl methyl sites for hydroxylation is 1. The van der Waals surface area contributed by atoms with Crippen LogP contribution >= 0.6 is 0 Å². The Balaban J connectivity index is 2.01. The van der Waals surface area contributed by atoms with Gasteiger partial charge in [0.15, 0.2) is 0 Å². The minimum atomic E-state index is -0.0474. The van der Waals surface area contributed by atoms with Gasteiger partial charge in [0.1, 0.15) is 5.75 Å². The molecule has 112 valence electrons. The molecular formula is C17H27NO2. The molecule has 0 bridgehead atoms. The first kappa shape index (κ1) is 15.3. The van der Waals surface area contributed by atoms with Crippen molar-refractivity contribution in [2.75, 3.05) is 13.7 Å². The fourth-order valence-corrected chi connectivity index (χ4v) is 2.62. The standard InChI is InChI=1S/C17H27NO2/c1-17(2,3)9-10-20-15-8-6-12-5-7-13(19-4)11-14(12)16(15)18/h5,7,11,15-16H,6,8-10,18H2,1-4H3. The zero-order valence-electron chi connectivity index (χ0n) is 13.1. The molecule has 2 rings (SSSR count). The van der Waals surface area contributed by atoms with Gasteiger partial charge < -0.3 is 15.2 Å². The van der Waals surface area contributed by atoms with Crippen molar-refractivity contribution in [3.05, 3.63) is 29.3 Å². The molecule has 3 nitrogen and oxygen atoms in total. The van der Waals surface area contributed by atoms with Gasteiger partial charge in [-0.05, 0) is 47.9 Å². The molecule has 0 aliphatic heterocycles. The normalized spacial score (nSPS) is 22.4. The Kier molecular flexibility index (Phi) is 4.71. The third kappa shape index (κ3) is 3.74. The molecule has 1 aromatic carbocycles. The van der Waals surface area contributed by atoms with Gasteiger partial charge in [-0.3, -0.25) is 0 Å². The molecular weight excluding hydrogens is 250 g/mol. The molecule has 0 saturated heterocycles. The van der Waals surface area contributed by atoms with Crippen molar-refractivity contribution in [3.63, 3.8) is 0 Å². The van der Waals surface area contributed by atoms with Gasteiger partial charge in [-0.15, -0.1) is 0 Å². The Morgan fingerprint density at radius 3 is 2.70 bits per heavy atom. The van der Waals surface area contributed by atoms with Crippen molar-refractivity contribution < 1.29 is 9.47 Å². The lowest BCUT2D eigenvalue weighted by atomic mass is 9.85. The molecule has 2 atom stereocenters. The molecule has 1 aliphatic rings. The highest BCUT2D eigenvalue weighted by Crippen LogP contribution is 2.33. The van der Waals surface area contributed by atoms with Crippen LogP contribution < -0.4 is 10.5 Å². The number of hydrogen-bond acceptors (Lipinski definition) is 3. The zero-order chi connectivity index (χ0) is 14.8. The van der Waals surface area contributed by atoms with Crippen molar-refractivity contribution >= 4 is 0 Å². The lowest BCUT2D eigenvalue weighted by Gasteiger charge is -2.32. The van der Waals surface area contributed by atoms with E-state index in [2.05, 4.69) is 32.9 Å². The molecule has 0 fully saturated rings. The highest BCUT2D eigenvalue weighted by Gasteiger charge is 2.28. The molecule has 0 heterocycles. The van der Waals surface area contributed by atoms with Gasteiger partial charge in [-0.2, -0.15) is 0 Å². The fraction of sp³-hybridized carbons (Fsp3) is 0.647. The average molecular weight is 277 g/mol. The first-order chi connectivity index (χ1) is 9.40. The van der Waals surface area contributed by atoms with E-state index in [1.807, 2.05) is 6.07 Å². The second kappa shape index (κ2) is 6.15. The topological polar surface area (TPSA) is 44.5 Å². The summed E-state index contributed by atoms with van der Waals surface area (Å²) in [6.07, 6.45) is 3.22. The third-order valence-corrected chi connectivity index (χ3v) is 3.99. The molecule has 2 unspecified atom stereocenters. The van der Waals surface area contributed by atoms with Crippen molar-refractivity contribution in [2.24, 2.45) is 11.1 Å². The molecule has 20 heavy (non-hydrogen) atoms. The summed E-state index contributed by atoms with van der Waals surface area (Å²) in [6.45, 7) is 7.48. The van der Waals surface area contributed by atoms with E-state index >= 15 is 0 Å². The van der Waals surface area contributed by atoms with Gasteiger partial charge in [0, 0.05) is 6.61 Å². The van der Waals surface area contributed by atoms with Gasteiger partial charge in [-0.25, -0.2) is 0 Å². The number of methoxy groups -OCH3 is 1. The lowest BCUT2D eigenvalue weighted by molar-refractivity contribution is 0.0127. The Bertz CT molecular complexity index is 451. The van der Waals surface area contributed by atoms with E-state index in [0.717, 1.165) is 31.6 Å². The second-order valence-corrected chi connectivity index (χ2v) is 6.85. The monoisotopic (exact) mass is 277 g/mol. The molecule has 1 aromatic rings. The highest BCUT2D eigenvalue weighted by molar-refractivity contribution is 5.39. The van der Waals surface area contributed by atoms with Crippen molar-refractivity contribution in [1.82, 2.24) is 0 Å². The van der Waals surface area contributed by atoms with E-state index < -0.39 is 0 Å². The summed E-state index contributed by atoms with van der Waals surface area (Å²) in [4.78, 5) is 0. The molecule has 0 saturated carbocycles. The summed E-state index contributed by atoms with van der Waals surface area (Å²) >= 11 is 0. The molecule has 2 N–H and O–H groups in total. The van der Waals surface area contributed by atoms with Crippen molar-refractivity contribution in [3.8, 4) is 5.75 Å². The van der Waals surface area contributed by atoms with Crippen LogP contribution in [0.2, 0.25) is 0 Å².